The fraction of sp³-hybridized carbons (Fsp3) is 0.588. The second-order valence-corrected chi connectivity index (χ2v) is 7.56. The molecule has 0 amide bonds. The van der Waals surface area contributed by atoms with Crippen molar-refractivity contribution >= 4 is 22.4 Å². The molecule has 0 atom stereocenters. The number of hydrogen-bond acceptors (Lipinski definition) is 5. The van der Waals surface area contributed by atoms with Crippen molar-refractivity contribution < 1.29 is 0 Å². The van der Waals surface area contributed by atoms with E-state index in [0.717, 1.165) is 37.0 Å². The summed E-state index contributed by atoms with van der Waals surface area (Å²) in [5, 5.41) is 7.78. The lowest BCUT2D eigenvalue weighted by Gasteiger charge is -2.35. The summed E-state index contributed by atoms with van der Waals surface area (Å²) in [6.45, 7) is 4.18. The predicted octanol–water partition coefficient (Wildman–Crippen LogP) is 2.09. The number of thiazole rings is 1. The van der Waals surface area contributed by atoms with Gasteiger partial charge in [0.25, 0.3) is 0 Å². The predicted molar refractivity (Wildman–Crippen MR) is 101 cm³/mol. The number of hydrogen-bond donors (Lipinski definition) is 1. The molecule has 134 valence electrons. The Hall–Kier alpha value is -2.09. The molecule has 1 aliphatic heterocycles. The SMILES string of the molecule is NC(=NCc1ccn(C2CCCC2)n1)N1CCN(c2nccs2)CC1. The van der Waals surface area contributed by atoms with E-state index in [0.29, 0.717) is 18.5 Å². The number of nitrogens with zero attached hydrogens (tertiary/aromatic N) is 6. The van der Waals surface area contributed by atoms with Gasteiger partial charge < -0.3 is 15.5 Å². The number of aliphatic imine (C=N–C) groups is 1. The number of aromatic nitrogens is 3. The largest absolute Gasteiger partial charge is 0.370 e. The first-order chi connectivity index (χ1) is 12.3. The Morgan fingerprint density at radius 1 is 1.24 bits per heavy atom. The third-order valence-corrected chi connectivity index (χ3v) is 5.89. The maximum absolute atomic E-state index is 6.20. The zero-order valence-corrected chi connectivity index (χ0v) is 15.2. The van der Waals surface area contributed by atoms with Gasteiger partial charge in [0, 0.05) is 44.0 Å². The zero-order valence-electron chi connectivity index (χ0n) is 14.4. The van der Waals surface area contributed by atoms with Crippen LogP contribution in [0.15, 0.2) is 28.8 Å². The zero-order chi connectivity index (χ0) is 17.1. The van der Waals surface area contributed by atoms with Crippen LogP contribution >= 0.6 is 11.3 Å². The van der Waals surface area contributed by atoms with Crippen molar-refractivity contribution in [3.63, 3.8) is 0 Å². The third kappa shape index (κ3) is 3.78. The molecule has 1 saturated heterocycles. The molecule has 1 saturated carbocycles. The first kappa shape index (κ1) is 16.4. The molecule has 1 aliphatic carbocycles. The number of rotatable bonds is 4. The average Bonchev–Trinajstić information content (AvgIpc) is 3.42. The van der Waals surface area contributed by atoms with E-state index in [1.165, 1.54) is 25.7 Å². The van der Waals surface area contributed by atoms with Crippen LogP contribution in [0.5, 0.6) is 0 Å². The van der Waals surface area contributed by atoms with Gasteiger partial charge in [-0.3, -0.25) is 4.68 Å². The molecular weight excluding hydrogens is 334 g/mol. The van der Waals surface area contributed by atoms with E-state index in [9.17, 15) is 0 Å². The van der Waals surface area contributed by atoms with Gasteiger partial charge >= 0.3 is 0 Å². The van der Waals surface area contributed by atoms with Crippen LogP contribution < -0.4 is 10.6 Å². The standard InChI is InChI=1S/C17H25N7S/c18-16(22-8-10-23(11-9-22)17-19-6-12-25-17)20-13-14-5-7-24(21-14)15-3-1-2-4-15/h5-7,12,15H,1-4,8-11,13H2,(H2,18,20). The summed E-state index contributed by atoms with van der Waals surface area (Å²) in [5.74, 6) is 0.620. The number of anilines is 1. The molecule has 2 aromatic heterocycles. The average molecular weight is 360 g/mol. The summed E-state index contributed by atoms with van der Waals surface area (Å²) in [6.07, 6.45) is 9.07. The maximum atomic E-state index is 6.20. The monoisotopic (exact) mass is 359 g/mol. The minimum Gasteiger partial charge on any atom is -0.370 e. The van der Waals surface area contributed by atoms with Crippen molar-refractivity contribution in [3.05, 3.63) is 29.5 Å². The first-order valence-electron chi connectivity index (χ1n) is 9.03. The smallest absolute Gasteiger partial charge is 0.191 e. The van der Waals surface area contributed by atoms with Crippen molar-refractivity contribution in [1.29, 1.82) is 0 Å². The third-order valence-electron chi connectivity index (χ3n) is 5.06. The molecule has 0 aromatic carbocycles. The summed E-state index contributed by atoms with van der Waals surface area (Å²) in [5.41, 5.74) is 7.20. The number of guanidine groups is 1. The number of piperazine rings is 1. The molecule has 2 aliphatic rings. The second kappa shape index (κ2) is 7.43. The molecular formula is C17H25N7S. The Balaban J connectivity index is 1.30. The van der Waals surface area contributed by atoms with Gasteiger partial charge in [-0.25, -0.2) is 9.98 Å². The fourth-order valence-electron chi connectivity index (χ4n) is 3.59. The quantitative estimate of drug-likeness (QED) is 0.668. The second-order valence-electron chi connectivity index (χ2n) is 6.69. The highest BCUT2D eigenvalue weighted by Gasteiger charge is 2.20. The molecule has 2 aromatic rings. The lowest BCUT2D eigenvalue weighted by molar-refractivity contribution is 0.380. The van der Waals surface area contributed by atoms with Gasteiger partial charge in [-0.05, 0) is 18.9 Å². The highest BCUT2D eigenvalue weighted by atomic mass is 32.1. The lowest BCUT2D eigenvalue weighted by Crippen LogP contribution is -2.51. The molecule has 0 unspecified atom stereocenters. The van der Waals surface area contributed by atoms with Gasteiger partial charge in [0.05, 0.1) is 18.3 Å². The van der Waals surface area contributed by atoms with E-state index in [-0.39, 0.29) is 0 Å². The molecule has 3 heterocycles. The number of nitrogens with two attached hydrogens (primary N) is 1. The molecule has 25 heavy (non-hydrogen) atoms. The summed E-state index contributed by atoms with van der Waals surface area (Å²) < 4.78 is 2.11. The molecule has 2 fully saturated rings. The molecule has 0 bridgehead atoms. The van der Waals surface area contributed by atoms with Gasteiger partial charge in [0.2, 0.25) is 0 Å². The first-order valence-corrected chi connectivity index (χ1v) is 9.91. The van der Waals surface area contributed by atoms with Crippen molar-refractivity contribution in [2.45, 2.75) is 38.3 Å². The van der Waals surface area contributed by atoms with Crippen LogP contribution in [0, 0.1) is 0 Å². The lowest BCUT2D eigenvalue weighted by atomic mass is 10.3. The summed E-state index contributed by atoms with van der Waals surface area (Å²) in [4.78, 5) is 13.4. The maximum Gasteiger partial charge on any atom is 0.191 e. The Kier molecular flexibility index (Phi) is 4.87. The molecule has 7 nitrogen and oxygen atoms in total. The molecule has 2 N–H and O–H groups in total. The summed E-state index contributed by atoms with van der Waals surface area (Å²) in [7, 11) is 0. The van der Waals surface area contributed by atoms with Crippen molar-refractivity contribution in [1.82, 2.24) is 19.7 Å². The van der Waals surface area contributed by atoms with Crippen molar-refractivity contribution in [2.75, 3.05) is 31.1 Å². The molecule has 4 rings (SSSR count). The van der Waals surface area contributed by atoms with Crippen LogP contribution in [0.25, 0.3) is 0 Å². The van der Waals surface area contributed by atoms with Gasteiger partial charge in [-0.1, -0.05) is 12.8 Å². The normalized spacial score (nSPS) is 19.8. The summed E-state index contributed by atoms with van der Waals surface area (Å²) in [6, 6.07) is 2.64. The minimum absolute atomic E-state index is 0.554. The van der Waals surface area contributed by atoms with E-state index < -0.39 is 0 Å². The fourth-order valence-corrected chi connectivity index (χ4v) is 4.29. The van der Waals surface area contributed by atoms with Crippen molar-refractivity contribution in [3.8, 4) is 0 Å². The molecule has 0 radical (unpaired) electrons. The summed E-state index contributed by atoms with van der Waals surface area (Å²) >= 11 is 1.68. The van der Waals surface area contributed by atoms with Gasteiger partial charge in [-0.2, -0.15) is 5.10 Å². The van der Waals surface area contributed by atoms with Crippen LogP contribution in [0.4, 0.5) is 5.13 Å². The molecule has 0 spiro atoms. The van der Waals surface area contributed by atoms with E-state index in [1.54, 1.807) is 11.3 Å². The topological polar surface area (TPSA) is 75.6 Å². The van der Waals surface area contributed by atoms with E-state index in [4.69, 9.17) is 5.73 Å². The Morgan fingerprint density at radius 3 is 2.76 bits per heavy atom. The van der Waals surface area contributed by atoms with E-state index in [2.05, 4.69) is 41.8 Å². The van der Waals surface area contributed by atoms with Gasteiger partial charge in [0.15, 0.2) is 11.1 Å². The van der Waals surface area contributed by atoms with E-state index in [1.807, 2.05) is 11.6 Å². The minimum atomic E-state index is 0.554. The van der Waals surface area contributed by atoms with Crippen LogP contribution in [-0.2, 0) is 6.54 Å². The van der Waals surface area contributed by atoms with Gasteiger partial charge in [0.1, 0.15) is 0 Å². The Bertz CT molecular complexity index is 694. The molecule has 8 heteroatoms. The van der Waals surface area contributed by atoms with E-state index >= 15 is 0 Å². The van der Waals surface area contributed by atoms with Crippen molar-refractivity contribution in [2.24, 2.45) is 10.7 Å². The highest BCUT2D eigenvalue weighted by Crippen LogP contribution is 2.28. The van der Waals surface area contributed by atoms with Crippen LogP contribution in [-0.4, -0.2) is 51.8 Å². The Labute approximate surface area is 152 Å². The van der Waals surface area contributed by atoms with Gasteiger partial charge in [-0.15, -0.1) is 11.3 Å². The Morgan fingerprint density at radius 2 is 2.04 bits per heavy atom. The highest BCUT2D eigenvalue weighted by molar-refractivity contribution is 7.13. The van der Waals surface area contributed by atoms with Crippen LogP contribution in [0.2, 0.25) is 0 Å². The van der Waals surface area contributed by atoms with Crippen LogP contribution in [0.1, 0.15) is 37.4 Å². The van der Waals surface area contributed by atoms with Crippen LogP contribution in [0.3, 0.4) is 0 Å².